The van der Waals surface area contributed by atoms with E-state index in [1.54, 1.807) is 7.11 Å². The molecule has 1 aliphatic rings. The van der Waals surface area contributed by atoms with Crippen molar-refractivity contribution in [2.45, 2.75) is 64.5 Å². The van der Waals surface area contributed by atoms with Gasteiger partial charge in [0.2, 0.25) is 0 Å². The van der Waals surface area contributed by atoms with Gasteiger partial charge in [-0.15, -0.1) is 0 Å². The minimum Gasteiger partial charge on any atom is -0.496 e. The molecule has 1 fully saturated rings. The van der Waals surface area contributed by atoms with E-state index in [0.29, 0.717) is 6.04 Å². The van der Waals surface area contributed by atoms with Gasteiger partial charge in [0.05, 0.1) is 7.11 Å². The summed E-state index contributed by atoms with van der Waals surface area (Å²) in [6, 6.07) is 9.00. The summed E-state index contributed by atoms with van der Waals surface area (Å²) in [6.07, 6.45) is 9.63. The van der Waals surface area contributed by atoms with Crippen LogP contribution in [0, 0.1) is 5.92 Å². The van der Waals surface area contributed by atoms with Gasteiger partial charge in [-0.3, -0.25) is 0 Å². The first-order valence-electron chi connectivity index (χ1n) is 8.18. The molecule has 0 saturated heterocycles. The monoisotopic (exact) mass is 275 g/mol. The summed E-state index contributed by atoms with van der Waals surface area (Å²) >= 11 is 0. The van der Waals surface area contributed by atoms with Crippen molar-refractivity contribution in [3.63, 3.8) is 0 Å². The topological polar surface area (TPSA) is 21.3 Å². The summed E-state index contributed by atoms with van der Waals surface area (Å²) in [7, 11) is 1.75. The number of ether oxygens (including phenoxy) is 1. The molecule has 2 nitrogen and oxygen atoms in total. The minimum absolute atomic E-state index is 0.682. The van der Waals surface area contributed by atoms with Crippen molar-refractivity contribution in [2.24, 2.45) is 5.92 Å². The second kappa shape index (κ2) is 8.31. The molecule has 2 atom stereocenters. The number of benzene rings is 1. The molecule has 2 heteroatoms. The van der Waals surface area contributed by atoms with Crippen LogP contribution in [0.1, 0.15) is 57.4 Å². The second-order valence-electron chi connectivity index (χ2n) is 6.05. The van der Waals surface area contributed by atoms with Gasteiger partial charge in [-0.05, 0) is 31.2 Å². The lowest BCUT2D eigenvalue weighted by atomic mass is 9.95. The first-order valence-corrected chi connectivity index (χ1v) is 8.18. The zero-order valence-corrected chi connectivity index (χ0v) is 13.0. The molecule has 2 rings (SSSR count). The highest BCUT2D eigenvalue weighted by atomic mass is 16.5. The van der Waals surface area contributed by atoms with Crippen LogP contribution in [0.15, 0.2) is 24.3 Å². The van der Waals surface area contributed by atoms with Crippen molar-refractivity contribution >= 4 is 0 Å². The van der Waals surface area contributed by atoms with Gasteiger partial charge in [0.1, 0.15) is 5.75 Å². The van der Waals surface area contributed by atoms with Crippen LogP contribution in [0.25, 0.3) is 0 Å². The van der Waals surface area contributed by atoms with Crippen LogP contribution in [0.3, 0.4) is 0 Å². The molecule has 1 aliphatic carbocycles. The van der Waals surface area contributed by atoms with Crippen molar-refractivity contribution in [1.82, 2.24) is 5.32 Å². The maximum absolute atomic E-state index is 5.42. The minimum atomic E-state index is 0.682. The Labute approximate surface area is 123 Å². The summed E-state index contributed by atoms with van der Waals surface area (Å²) in [5.41, 5.74) is 1.27. The van der Waals surface area contributed by atoms with E-state index in [0.717, 1.165) is 18.2 Å². The highest BCUT2D eigenvalue weighted by molar-refractivity contribution is 5.33. The van der Waals surface area contributed by atoms with Gasteiger partial charge in [-0.1, -0.05) is 50.8 Å². The normalized spacial score (nSPS) is 23.3. The van der Waals surface area contributed by atoms with Crippen LogP contribution in [0.5, 0.6) is 5.75 Å². The quantitative estimate of drug-likeness (QED) is 0.770. The van der Waals surface area contributed by atoms with Gasteiger partial charge in [0, 0.05) is 18.2 Å². The van der Waals surface area contributed by atoms with Crippen molar-refractivity contribution in [3.8, 4) is 5.75 Å². The van der Waals surface area contributed by atoms with E-state index in [1.807, 2.05) is 12.1 Å². The lowest BCUT2D eigenvalue weighted by molar-refractivity contribution is 0.396. The lowest BCUT2D eigenvalue weighted by Gasteiger charge is -2.18. The van der Waals surface area contributed by atoms with Crippen LogP contribution in [-0.4, -0.2) is 13.2 Å². The molecule has 1 saturated carbocycles. The highest BCUT2D eigenvalue weighted by Crippen LogP contribution is 2.27. The van der Waals surface area contributed by atoms with Gasteiger partial charge in [-0.2, -0.15) is 0 Å². The zero-order chi connectivity index (χ0) is 14.2. The summed E-state index contributed by atoms with van der Waals surface area (Å²) in [6.45, 7) is 3.23. The van der Waals surface area contributed by atoms with E-state index in [4.69, 9.17) is 4.74 Å². The Morgan fingerprint density at radius 1 is 1.15 bits per heavy atom. The van der Waals surface area contributed by atoms with E-state index in [9.17, 15) is 0 Å². The third kappa shape index (κ3) is 4.52. The van der Waals surface area contributed by atoms with E-state index in [-0.39, 0.29) is 0 Å². The van der Waals surface area contributed by atoms with Crippen LogP contribution in [0.4, 0.5) is 0 Å². The van der Waals surface area contributed by atoms with Crippen molar-refractivity contribution < 1.29 is 4.74 Å². The molecule has 112 valence electrons. The Morgan fingerprint density at radius 3 is 2.80 bits per heavy atom. The van der Waals surface area contributed by atoms with Crippen LogP contribution in [-0.2, 0) is 6.54 Å². The number of rotatable bonds is 6. The van der Waals surface area contributed by atoms with Gasteiger partial charge < -0.3 is 10.1 Å². The van der Waals surface area contributed by atoms with E-state index < -0.39 is 0 Å². The van der Waals surface area contributed by atoms with Crippen LogP contribution >= 0.6 is 0 Å². The van der Waals surface area contributed by atoms with Crippen molar-refractivity contribution in [2.75, 3.05) is 7.11 Å². The first kappa shape index (κ1) is 15.4. The van der Waals surface area contributed by atoms with Gasteiger partial charge in [0.25, 0.3) is 0 Å². The Hall–Kier alpha value is -1.02. The summed E-state index contributed by atoms with van der Waals surface area (Å²) in [4.78, 5) is 0. The smallest absolute Gasteiger partial charge is 0.123 e. The molecular weight excluding hydrogens is 246 g/mol. The molecule has 1 aromatic carbocycles. The van der Waals surface area contributed by atoms with Crippen LogP contribution < -0.4 is 10.1 Å². The van der Waals surface area contributed by atoms with E-state index >= 15 is 0 Å². The Kier molecular flexibility index (Phi) is 6.38. The highest BCUT2D eigenvalue weighted by Gasteiger charge is 2.18. The molecule has 0 amide bonds. The molecule has 0 aliphatic heterocycles. The average molecular weight is 275 g/mol. The average Bonchev–Trinajstić information content (AvgIpc) is 2.71. The van der Waals surface area contributed by atoms with Gasteiger partial charge in [0.15, 0.2) is 0 Å². The predicted molar refractivity (Wildman–Crippen MR) is 85.1 cm³/mol. The van der Waals surface area contributed by atoms with Gasteiger partial charge >= 0.3 is 0 Å². The lowest BCUT2D eigenvalue weighted by Crippen LogP contribution is -2.28. The Morgan fingerprint density at radius 2 is 2.00 bits per heavy atom. The number of para-hydroxylation sites is 1. The molecule has 0 radical (unpaired) electrons. The third-order valence-corrected chi connectivity index (χ3v) is 4.56. The molecule has 1 aromatic rings. The number of methoxy groups -OCH3 is 1. The molecule has 20 heavy (non-hydrogen) atoms. The summed E-state index contributed by atoms with van der Waals surface area (Å²) in [5.74, 6) is 1.97. The van der Waals surface area contributed by atoms with E-state index in [2.05, 4.69) is 24.4 Å². The molecule has 0 spiro atoms. The standard InChI is InChI=1S/C18H29NO/c1-3-7-15-8-6-10-17(13-12-15)19-14-16-9-4-5-11-18(16)20-2/h4-5,9,11,15,17,19H,3,6-8,10,12-14H2,1-2H3. The SMILES string of the molecule is CCCC1CCCC(NCc2ccccc2OC)CC1. The molecule has 0 heterocycles. The fraction of sp³-hybridized carbons (Fsp3) is 0.667. The Bertz CT molecular complexity index is 391. The van der Waals surface area contributed by atoms with E-state index in [1.165, 1.54) is 50.5 Å². The third-order valence-electron chi connectivity index (χ3n) is 4.56. The largest absolute Gasteiger partial charge is 0.496 e. The number of hydrogen-bond donors (Lipinski definition) is 1. The maximum Gasteiger partial charge on any atom is 0.123 e. The molecule has 2 unspecified atom stereocenters. The molecular formula is C18H29NO. The molecule has 0 aromatic heterocycles. The summed E-state index contributed by atoms with van der Waals surface area (Å²) in [5, 5.41) is 3.74. The molecule has 1 N–H and O–H groups in total. The van der Waals surface area contributed by atoms with Crippen LogP contribution in [0.2, 0.25) is 0 Å². The Balaban J connectivity index is 1.82. The number of hydrogen-bond acceptors (Lipinski definition) is 2. The van der Waals surface area contributed by atoms with Gasteiger partial charge in [-0.25, -0.2) is 0 Å². The summed E-state index contributed by atoms with van der Waals surface area (Å²) < 4.78 is 5.42. The fourth-order valence-electron chi connectivity index (χ4n) is 3.38. The first-order chi connectivity index (χ1) is 9.83. The maximum atomic E-state index is 5.42. The predicted octanol–water partition coefficient (Wildman–Crippen LogP) is 4.53. The second-order valence-corrected chi connectivity index (χ2v) is 6.05. The zero-order valence-electron chi connectivity index (χ0n) is 13.0. The molecule has 0 bridgehead atoms. The number of nitrogens with one attached hydrogen (secondary N) is 1. The fourth-order valence-corrected chi connectivity index (χ4v) is 3.38. The van der Waals surface area contributed by atoms with Crippen molar-refractivity contribution in [1.29, 1.82) is 0 Å². The van der Waals surface area contributed by atoms with Crippen molar-refractivity contribution in [3.05, 3.63) is 29.8 Å².